The molecule has 132 valence electrons. The zero-order chi connectivity index (χ0) is 17.6. The maximum Gasteiger partial charge on any atom is 0.254 e. The first-order valence-corrected chi connectivity index (χ1v) is 8.46. The summed E-state index contributed by atoms with van der Waals surface area (Å²) >= 11 is 6.01. The SMILES string of the molecule is O=C(NCC1COC(CNC(=O)c2ccccc2Cl)C1)c1ccoc1. The molecule has 0 aliphatic carbocycles. The van der Waals surface area contributed by atoms with E-state index in [4.69, 9.17) is 20.8 Å². The molecule has 2 atom stereocenters. The van der Waals surface area contributed by atoms with Gasteiger partial charge in [0.05, 0.1) is 35.1 Å². The Morgan fingerprint density at radius 1 is 1.12 bits per heavy atom. The van der Waals surface area contributed by atoms with E-state index >= 15 is 0 Å². The van der Waals surface area contributed by atoms with Crippen molar-refractivity contribution in [3.63, 3.8) is 0 Å². The van der Waals surface area contributed by atoms with E-state index in [9.17, 15) is 9.59 Å². The van der Waals surface area contributed by atoms with E-state index < -0.39 is 0 Å². The molecule has 3 rings (SSSR count). The highest BCUT2D eigenvalue weighted by Gasteiger charge is 2.26. The number of hydrogen-bond donors (Lipinski definition) is 2. The topological polar surface area (TPSA) is 80.6 Å². The number of benzene rings is 1. The van der Waals surface area contributed by atoms with Crippen LogP contribution in [0.15, 0.2) is 47.3 Å². The van der Waals surface area contributed by atoms with Crippen LogP contribution >= 0.6 is 11.6 Å². The Bertz CT molecular complexity index is 732. The molecular weight excluding hydrogens is 344 g/mol. The number of carbonyl (C=O) groups is 2. The van der Waals surface area contributed by atoms with Crippen molar-refractivity contribution in [2.24, 2.45) is 5.92 Å². The molecular formula is C18H19ClN2O4. The van der Waals surface area contributed by atoms with Gasteiger partial charge in [0.25, 0.3) is 11.8 Å². The normalized spacial score (nSPS) is 19.6. The van der Waals surface area contributed by atoms with E-state index in [1.54, 1.807) is 30.3 Å². The van der Waals surface area contributed by atoms with Gasteiger partial charge >= 0.3 is 0 Å². The van der Waals surface area contributed by atoms with Crippen molar-refractivity contribution in [3.8, 4) is 0 Å². The summed E-state index contributed by atoms with van der Waals surface area (Å²) in [6, 6.07) is 8.53. The predicted octanol–water partition coefficient (Wildman–Crippen LogP) is 2.50. The van der Waals surface area contributed by atoms with Gasteiger partial charge in [0, 0.05) is 19.0 Å². The molecule has 0 saturated carbocycles. The van der Waals surface area contributed by atoms with Crippen LogP contribution < -0.4 is 10.6 Å². The summed E-state index contributed by atoms with van der Waals surface area (Å²) < 4.78 is 10.6. The van der Waals surface area contributed by atoms with Crippen LogP contribution in [0.5, 0.6) is 0 Å². The fourth-order valence-corrected chi connectivity index (χ4v) is 2.97. The quantitative estimate of drug-likeness (QED) is 0.827. The summed E-state index contributed by atoms with van der Waals surface area (Å²) in [5.74, 6) is -0.159. The second-order valence-electron chi connectivity index (χ2n) is 5.97. The highest BCUT2D eigenvalue weighted by Crippen LogP contribution is 2.19. The Morgan fingerprint density at radius 2 is 1.92 bits per heavy atom. The molecule has 1 saturated heterocycles. The van der Waals surface area contributed by atoms with Gasteiger partial charge < -0.3 is 19.8 Å². The Morgan fingerprint density at radius 3 is 2.68 bits per heavy atom. The highest BCUT2D eigenvalue weighted by molar-refractivity contribution is 6.33. The molecule has 7 heteroatoms. The largest absolute Gasteiger partial charge is 0.472 e. The standard InChI is InChI=1S/C18H19ClN2O4/c19-16-4-2-1-3-15(16)18(23)21-9-14-7-12(10-25-14)8-20-17(22)13-5-6-24-11-13/h1-6,11-12,14H,7-10H2,(H,20,22)(H,21,23). The van der Waals surface area contributed by atoms with Gasteiger partial charge in [-0.15, -0.1) is 0 Å². The lowest BCUT2D eigenvalue weighted by atomic mass is 10.1. The van der Waals surface area contributed by atoms with Crippen LogP contribution in [0.2, 0.25) is 5.02 Å². The van der Waals surface area contributed by atoms with Crippen LogP contribution in [0, 0.1) is 5.92 Å². The number of nitrogens with one attached hydrogen (secondary N) is 2. The minimum Gasteiger partial charge on any atom is -0.472 e. The summed E-state index contributed by atoms with van der Waals surface area (Å²) in [5, 5.41) is 6.13. The monoisotopic (exact) mass is 362 g/mol. The number of ether oxygens (including phenoxy) is 1. The van der Waals surface area contributed by atoms with Crippen LogP contribution in [0.1, 0.15) is 27.1 Å². The van der Waals surface area contributed by atoms with Crippen LogP contribution in [-0.2, 0) is 4.74 Å². The molecule has 1 aliphatic rings. The summed E-state index contributed by atoms with van der Waals surface area (Å²) in [6.45, 7) is 1.49. The zero-order valence-corrected chi connectivity index (χ0v) is 14.3. The Labute approximate surface area is 150 Å². The molecule has 2 N–H and O–H groups in total. The second-order valence-corrected chi connectivity index (χ2v) is 6.38. The van der Waals surface area contributed by atoms with Crippen molar-refractivity contribution >= 4 is 23.4 Å². The minimum absolute atomic E-state index is 0.0673. The van der Waals surface area contributed by atoms with Crippen molar-refractivity contribution in [1.29, 1.82) is 0 Å². The average molecular weight is 363 g/mol. The number of furan rings is 1. The molecule has 25 heavy (non-hydrogen) atoms. The number of carbonyl (C=O) groups excluding carboxylic acids is 2. The average Bonchev–Trinajstić information content (AvgIpc) is 3.30. The predicted molar refractivity (Wildman–Crippen MR) is 92.7 cm³/mol. The maximum atomic E-state index is 12.1. The molecule has 1 fully saturated rings. The van der Waals surface area contributed by atoms with Crippen LogP contribution in [0.4, 0.5) is 0 Å². The lowest BCUT2D eigenvalue weighted by Crippen LogP contribution is -2.32. The summed E-state index contributed by atoms with van der Waals surface area (Å²) in [5.41, 5.74) is 0.952. The summed E-state index contributed by atoms with van der Waals surface area (Å²) in [4.78, 5) is 24.0. The molecule has 1 aromatic carbocycles. The third kappa shape index (κ3) is 4.61. The molecule has 2 heterocycles. The van der Waals surface area contributed by atoms with Gasteiger partial charge in [-0.2, -0.15) is 0 Å². The van der Waals surface area contributed by atoms with Gasteiger partial charge in [0.2, 0.25) is 0 Å². The van der Waals surface area contributed by atoms with Crippen LogP contribution in [0.3, 0.4) is 0 Å². The fraction of sp³-hybridized carbons (Fsp3) is 0.333. The molecule has 0 radical (unpaired) electrons. The second kappa shape index (κ2) is 8.18. The molecule has 6 nitrogen and oxygen atoms in total. The molecule has 1 aliphatic heterocycles. The smallest absolute Gasteiger partial charge is 0.254 e. The Balaban J connectivity index is 1.40. The lowest BCUT2D eigenvalue weighted by Gasteiger charge is -2.12. The zero-order valence-electron chi connectivity index (χ0n) is 13.5. The maximum absolute atomic E-state index is 12.1. The first-order valence-electron chi connectivity index (χ1n) is 8.08. The van der Waals surface area contributed by atoms with Gasteiger partial charge in [-0.3, -0.25) is 9.59 Å². The molecule has 0 spiro atoms. The minimum atomic E-state index is -0.217. The van der Waals surface area contributed by atoms with E-state index in [0.29, 0.717) is 35.8 Å². The first kappa shape index (κ1) is 17.5. The number of halogens is 1. The van der Waals surface area contributed by atoms with Gasteiger partial charge in [-0.1, -0.05) is 23.7 Å². The van der Waals surface area contributed by atoms with Crippen molar-refractivity contribution in [3.05, 3.63) is 59.0 Å². The number of rotatable bonds is 6. The summed E-state index contributed by atoms with van der Waals surface area (Å²) in [7, 11) is 0. The van der Waals surface area contributed by atoms with E-state index in [1.807, 2.05) is 0 Å². The molecule has 2 amide bonds. The summed E-state index contributed by atoms with van der Waals surface area (Å²) in [6.07, 6.45) is 3.58. The highest BCUT2D eigenvalue weighted by atomic mass is 35.5. The van der Waals surface area contributed by atoms with Crippen molar-refractivity contribution in [2.75, 3.05) is 19.7 Å². The first-order chi connectivity index (χ1) is 12.1. The van der Waals surface area contributed by atoms with Crippen molar-refractivity contribution in [2.45, 2.75) is 12.5 Å². The fourth-order valence-electron chi connectivity index (χ4n) is 2.74. The van der Waals surface area contributed by atoms with E-state index in [0.717, 1.165) is 6.42 Å². The molecule has 2 unspecified atom stereocenters. The van der Waals surface area contributed by atoms with Crippen LogP contribution in [0.25, 0.3) is 0 Å². The molecule has 1 aromatic heterocycles. The Kier molecular flexibility index (Phi) is 5.73. The van der Waals surface area contributed by atoms with Gasteiger partial charge in [-0.25, -0.2) is 0 Å². The lowest BCUT2D eigenvalue weighted by molar-refractivity contribution is 0.0843. The number of amides is 2. The number of hydrogen-bond acceptors (Lipinski definition) is 4. The van der Waals surface area contributed by atoms with Crippen molar-refractivity contribution < 1.29 is 18.7 Å². The van der Waals surface area contributed by atoms with Gasteiger partial charge in [0.15, 0.2) is 0 Å². The molecule has 2 aromatic rings. The third-order valence-corrected chi connectivity index (χ3v) is 4.44. The van der Waals surface area contributed by atoms with E-state index in [1.165, 1.54) is 12.5 Å². The Hall–Kier alpha value is -2.31. The van der Waals surface area contributed by atoms with E-state index in [2.05, 4.69) is 10.6 Å². The van der Waals surface area contributed by atoms with E-state index in [-0.39, 0.29) is 23.8 Å². The van der Waals surface area contributed by atoms with Crippen LogP contribution in [-0.4, -0.2) is 37.6 Å². The third-order valence-electron chi connectivity index (χ3n) is 4.11. The van der Waals surface area contributed by atoms with Gasteiger partial charge in [-0.05, 0) is 24.6 Å². The molecule has 0 bridgehead atoms. The van der Waals surface area contributed by atoms with Gasteiger partial charge in [0.1, 0.15) is 6.26 Å². The van der Waals surface area contributed by atoms with Crippen molar-refractivity contribution in [1.82, 2.24) is 10.6 Å².